The molecule has 0 aromatic rings. The van der Waals surface area contributed by atoms with Crippen LogP contribution in [0, 0.1) is 0 Å². The van der Waals surface area contributed by atoms with Gasteiger partial charge in [-0.2, -0.15) is 13.2 Å². The molecule has 0 aromatic carbocycles. The molecule has 0 saturated carbocycles. The van der Waals surface area contributed by atoms with E-state index in [0.717, 1.165) is 18.5 Å². The highest BCUT2D eigenvalue weighted by atomic mass is 19.4. The fourth-order valence-corrected chi connectivity index (χ4v) is 0.444. The molecule has 0 aliphatic rings. The second kappa shape index (κ2) is 3.95. The smallest absolute Gasteiger partial charge is 0.265 e. The maximum absolute atomic E-state index is 11.8. The third kappa shape index (κ3) is 3.60. The first-order chi connectivity index (χ1) is 5.02. The number of aliphatic imine (C=N–C) groups is 1. The Morgan fingerprint density at radius 2 is 2.00 bits per heavy atom. The van der Waals surface area contributed by atoms with Crippen molar-refractivity contribution in [2.24, 2.45) is 4.99 Å². The summed E-state index contributed by atoms with van der Waals surface area (Å²) < 4.78 is 35.5. The van der Waals surface area contributed by atoms with Crippen LogP contribution in [-0.2, 0) is 0 Å². The summed E-state index contributed by atoms with van der Waals surface area (Å²) in [5.74, 6) is 0. The molecule has 0 radical (unpaired) electrons. The van der Waals surface area contributed by atoms with Crippen LogP contribution in [0.4, 0.5) is 13.2 Å². The van der Waals surface area contributed by atoms with Gasteiger partial charge in [0.05, 0.1) is 5.57 Å². The van der Waals surface area contributed by atoms with Gasteiger partial charge in [-0.25, -0.2) is 0 Å². The molecule has 62 valence electrons. The summed E-state index contributed by atoms with van der Waals surface area (Å²) in [6, 6.07) is 0. The minimum atomic E-state index is -4.32. The predicted octanol–water partition coefficient (Wildman–Crippen LogP) is 2.71. The van der Waals surface area contributed by atoms with Crippen LogP contribution in [0.15, 0.2) is 29.4 Å². The minimum Gasteiger partial charge on any atom is -0.265 e. The molecule has 0 fully saturated rings. The summed E-state index contributed by atoms with van der Waals surface area (Å²) >= 11 is 0. The van der Waals surface area contributed by atoms with Crippen molar-refractivity contribution in [1.29, 1.82) is 0 Å². The SMILES string of the molecule is C=CN=C/C(=C\C)C(F)(F)F. The topological polar surface area (TPSA) is 12.4 Å². The van der Waals surface area contributed by atoms with Gasteiger partial charge in [-0.3, -0.25) is 4.99 Å². The van der Waals surface area contributed by atoms with Crippen molar-refractivity contribution in [3.05, 3.63) is 24.4 Å². The van der Waals surface area contributed by atoms with E-state index in [1.54, 1.807) is 0 Å². The van der Waals surface area contributed by atoms with Gasteiger partial charge in [-0.15, -0.1) is 0 Å². The summed E-state index contributed by atoms with van der Waals surface area (Å²) in [5, 5.41) is 0. The van der Waals surface area contributed by atoms with E-state index >= 15 is 0 Å². The lowest BCUT2D eigenvalue weighted by atomic mass is 10.3. The largest absolute Gasteiger partial charge is 0.417 e. The van der Waals surface area contributed by atoms with Crippen molar-refractivity contribution in [3.63, 3.8) is 0 Å². The molecule has 0 spiro atoms. The molecule has 1 nitrogen and oxygen atoms in total. The third-order valence-electron chi connectivity index (χ3n) is 0.957. The van der Waals surface area contributed by atoms with Crippen LogP contribution < -0.4 is 0 Å². The fourth-order valence-electron chi connectivity index (χ4n) is 0.444. The molecule has 0 amide bonds. The highest BCUT2D eigenvalue weighted by Gasteiger charge is 2.31. The molecular formula is C7H8F3N. The third-order valence-corrected chi connectivity index (χ3v) is 0.957. The number of hydrogen-bond acceptors (Lipinski definition) is 1. The molecule has 11 heavy (non-hydrogen) atoms. The zero-order chi connectivity index (χ0) is 8.91. The summed E-state index contributed by atoms with van der Waals surface area (Å²) in [6.45, 7) is 4.46. The molecular weight excluding hydrogens is 155 g/mol. The molecule has 4 heteroatoms. The molecule has 0 aliphatic carbocycles. The Balaban J connectivity index is 4.45. The van der Waals surface area contributed by atoms with Crippen molar-refractivity contribution in [2.45, 2.75) is 13.1 Å². The van der Waals surface area contributed by atoms with E-state index < -0.39 is 11.7 Å². The summed E-state index contributed by atoms with van der Waals surface area (Å²) in [5.41, 5.74) is -0.766. The number of nitrogens with zero attached hydrogens (tertiary/aromatic N) is 1. The lowest BCUT2D eigenvalue weighted by Crippen LogP contribution is -2.12. The Morgan fingerprint density at radius 3 is 2.27 bits per heavy atom. The predicted molar refractivity (Wildman–Crippen MR) is 38.5 cm³/mol. The van der Waals surface area contributed by atoms with Gasteiger partial charge >= 0.3 is 6.18 Å². The van der Waals surface area contributed by atoms with Crippen molar-refractivity contribution in [2.75, 3.05) is 0 Å². The number of hydrogen-bond donors (Lipinski definition) is 0. The second-order valence-electron chi connectivity index (χ2n) is 1.70. The quantitative estimate of drug-likeness (QED) is 0.555. The lowest BCUT2D eigenvalue weighted by Gasteiger charge is -2.04. The number of allylic oxidation sites excluding steroid dienone is 2. The van der Waals surface area contributed by atoms with Crippen molar-refractivity contribution in [3.8, 4) is 0 Å². The molecule has 0 aromatic heterocycles. The van der Waals surface area contributed by atoms with Crippen LogP contribution in [0.5, 0.6) is 0 Å². The molecule has 0 aliphatic heterocycles. The Hall–Kier alpha value is -1.06. The fraction of sp³-hybridized carbons (Fsp3) is 0.286. The maximum atomic E-state index is 11.8. The van der Waals surface area contributed by atoms with E-state index in [4.69, 9.17) is 0 Å². The monoisotopic (exact) mass is 163 g/mol. The van der Waals surface area contributed by atoms with Crippen LogP contribution in [0.25, 0.3) is 0 Å². The number of halogens is 3. The Kier molecular flexibility index (Phi) is 3.57. The summed E-state index contributed by atoms with van der Waals surface area (Å²) in [4.78, 5) is 3.26. The molecule has 0 unspecified atom stereocenters. The van der Waals surface area contributed by atoms with Gasteiger partial charge in [-0.1, -0.05) is 12.7 Å². The van der Waals surface area contributed by atoms with Crippen LogP contribution in [0.2, 0.25) is 0 Å². The zero-order valence-electron chi connectivity index (χ0n) is 6.02. The molecule has 0 heterocycles. The van der Waals surface area contributed by atoms with E-state index in [-0.39, 0.29) is 0 Å². The van der Waals surface area contributed by atoms with Gasteiger partial charge in [0, 0.05) is 12.4 Å². The molecule has 0 bridgehead atoms. The first-order valence-electron chi connectivity index (χ1n) is 2.90. The van der Waals surface area contributed by atoms with Gasteiger partial charge in [0.1, 0.15) is 0 Å². The zero-order valence-corrected chi connectivity index (χ0v) is 6.02. The minimum absolute atomic E-state index is 0.729. The molecule has 0 atom stereocenters. The van der Waals surface area contributed by atoms with E-state index in [1.165, 1.54) is 6.92 Å². The van der Waals surface area contributed by atoms with Crippen molar-refractivity contribution < 1.29 is 13.2 Å². The first kappa shape index (κ1) is 9.94. The highest BCUT2D eigenvalue weighted by Crippen LogP contribution is 2.23. The first-order valence-corrected chi connectivity index (χ1v) is 2.90. The van der Waals surface area contributed by atoms with E-state index in [0.29, 0.717) is 0 Å². The van der Waals surface area contributed by atoms with Crippen molar-refractivity contribution in [1.82, 2.24) is 0 Å². The molecule has 0 N–H and O–H groups in total. The number of alkyl halides is 3. The van der Waals surface area contributed by atoms with Crippen LogP contribution in [0.1, 0.15) is 6.92 Å². The van der Waals surface area contributed by atoms with Gasteiger partial charge in [-0.05, 0) is 6.92 Å². The maximum Gasteiger partial charge on any atom is 0.417 e. The Morgan fingerprint density at radius 1 is 1.45 bits per heavy atom. The standard InChI is InChI=1S/C7H8F3N/c1-3-6(5-11-4-2)7(8,9)10/h3-5H,2H2,1H3/b6-3+,11-5?. The lowest BCUT2D eigenvalue weighted by molar-refractivity contribution is -0.0857. The van der Waals surface area contributed by atoms with Crippen molar-refractivity contribution >= 4 is 6.21 Å². The normalized spacial score (nSPS) is 14.0. The van der Waals surface area contributed by atoms with Gasteiger partial charge in [0.15, 0.2) is 0 Å². The van der Waals surface area contributed by atoms with E-state index in [9.17, 15) is 13.2 Å². The van der Waals surface area contributed by atoms with E-state index in [2.05, 4.69) is 11.6 Å². The van der Waals surface area contributed by atoms with Crippen LogP contribution >= 0.6 is 0 Å². The van der Waals surface area contributed by atoms with Crippen LogP contribution in [0.3, 0.4) is 0 Å². The summed E-state index contributed by atoms with van der Waals surface area (Å²) in [7, 11) is 0. The average Bonchev–Trinajstić information content (AvgIpc) is 1.87. The van der Waals surface area contributed by atoms with Gasteiger partial charge in [0.25, 0.3) is 0 Å². The Bertz CT molecular complexity index is 188. The highest BCUT2D eigenvalue weighted by molar-refractivity contribution is 5.80. The molecule has 0 saturated heterocycles. The van der Waals surface area contributed by atoms with E-state index in [1.807, 2.05) is 0 Å². The van der Waals surface area contributed by atoms with Gasteiger partial charge in [0.2, 0.25) is 0 Å². The second-order valence-corrected chi connectivity index (χ2v) is 1.70. The summed E-state index contributed by atoms with van der Waals surface area (Å²) in [6.07, 6.45) is -1.59. The average molecular weight is 163 g/mol. The molecule has 0 rings (SSSR count). The van der Waals surface area contributed by atoms with Gasteiger partial charge < -0.3 is 0 Å². The van der Waals surface area contributed by atoms with Crippen LogP contribution in [-0.4, -0.2) is 12.4 Å². The number of rotatable bonds is 2. The Labute approximate surface area is 62.9 Å².